The van der Waals surface area contributed by atoms with Gasteiger partial charge in [0.25, 0.3) is 0 Å². The van der Waals surface area contributed by atoms with E-state index in [1.165, 1.54) is 0 Å². The van der Waals surface area contributed by atoms with Gasteiger partial charge < -0.3 is 15.0 Å². The van der Waals surface area contributed by atoms with E-state index in [0.717, 1.165) is 5.56 Å². The molecule has 3 rings (SSSR count). The highest BCUT2D eigenvalue weighted by atomic mass is 16.5. The molecule has 1 atom stereocenters. The van der Waals surface area contributed by atoms with Crippen LogP contribution < -0.4 is 10.2 Å². The molecule has 6 nitrogen and oxygen atoms in total. The maximum Gasteiger partial charge on any atom is 0.230 e. The molecule has 33 heavy (non-hydrogen) atoms. The van der Waals surface area contributed by atoms with Gasteiger partial charge in [0.05, 0.1) is 5.69 Å². The summed E-state index contributed by atoms with van der Waals surface area (Å²) in [6.45, 7) is 9.19. The number of anilines is 2. The Morgan fingerprint density at radius 1 is 1.09 bits per heavy atom. The first kappa shape index (κ1) is 24.5. The Labute approximate surface area is 196 Å². The zero-order valence-electron chi connectivity index (χ0n) is 20.1. The van der Waals surface area contributed by atoms with Crippen LogP contribution in [0, 0.1) is 29.1 Å². The number of pyridine rings is 1. The molecule has 1 unspecified atom stereocenters. The number of carbonyl (C=O) groups is 2. The van der Waals surface area contributed by atoms with Crippen LogP contribution in [0.25, 0.3) is 0 Å². The van der Waals surface area contributed by atoms with Crippen LogP contribution >= 0.6 is 0 Å². The average molecular weight is 448 g/mol. The first-order valence-corrected chi connectivity index (χ1v) is 11.4. The van der Waals surface area contributed by atoms with Crippen LogP contribution in [-0.2, 0) is 14.3 Å². The molecule has 1 fully saturated rings. The van der Waals surface area contributed by atoms with Gasteiger partial charge >= 0.3 is 0 Å². The smallest absolute Gasteiger partial charge is 0.230 e. The largest absolute Gasteiger partial charge is 0.381 e. The fourth-order valence-corrected chi connectivity index (χ4v) is 3.50. The van der Waals surface area contributed by atoms with Gasteiger partial charge in [-0.05, 0) is 48.4 Å². The molecule has 0 aliphatic carbocycles. The summed E-state index contributed by atoms with van der Waals surface area (Å²) in [5.41, 5.74) is 1.75. The summed E-state index contributed by atoms with van der Waals surface area (Å²) >= 11 is 0. The number of benzene rings is 1. The van der Waals surface area contributed by atoms with Crippen LogP contribution in [0.2, 0.25) is 0 Å². The molecule has 1 aromatic carbocycles. The minimum absolute atomic E-state index is 0.0287. The van der Waals surface area contributed by atoms with Gasteiger partial charge in [0.1, 0.15) is 11.5 Å². The van der Waals surface area contributed by atoms with E-state index >= 15 is 0 Å². The Kier molecular flexibility index (Phi) is 7.88. The van der Waals surface area contributed by atoms with Gasteiger partial charge in [-0.25, -0.2) is 4.98 Å². The molecule has 2 heterocycles. The summed E-state index contributed by atoms with van der Waals surface area (Å²) < 4.78 is 5.40. The van der Waals surface area contributed by atoms with Crippen molar-refractivity contribution in [3.05, 3.63) is 53.7 Å². The molecule has 1 saturated heterocycles. The van der Waals surface area contributed by atoms with Crippen LogP contribution in [0.1, 0.15) is 51.8 Å². The molecule has 1 aromatic heterocycles. The molecule has 0 bridgehead atoms. The van der Waals surface area contributed by atoms with Crippen LogP contribution in [-0.4, -0.2) is 37.1 Å². The van der Waals surface area contributed by atoms with Crippen molar-refractivity contribution in [1.82, 2.24) is 4.98 Å². The third-order valence-corrected chi connectivity index (χ3v) is 6.18. The zero-order valence-corrected chi connectivity index (χ0v) is 20.1. The number of nitrogens with one attached hydrogen (secondary N) is 1. The summed E-state index contributed by atoms with van der Waals surface area (Å²) in [7, 11) is 1.75. The average Bonchev–Trinajstić information content (AvgIpc) is 2.82. The van der Waals surface area contributed by atoms with Crippen molar-refractivity contribution >= 4 is 23.3 Å². The van der Waals surface area contributed by atoms with Gasteiger partial charge in [-0.3, -0.25) is 9.59 Å². The topological polar surface area (TPSA) is 71.5 Å². The Balaban J connectivity index is 1.92. The molecule has 2 aromatic rings. The molecule has 1 N–H and O–H groups in total. The molecule has 1 aliphatic rings. The van der Waals surface area contributed by atoms with Gasteiger partial charge in [-0.2, -0.15) is 0 Å². The minimum Gasteiger partial charge on any atom is -0.381 e. The van der Waals surface area contributed by atoms with E-state index in [0.29, 0.717) is 43.3 Å². The molecular weight excluding hydrogens is 414 g/mol. The van der Waals surface area contributed by atoms with Gasteiger partial charge in [0, 0.05) is 37.7 Å². The fourth-order valence-electron chi connectivity index (χ4n) is 3.50. The lowest BCUT2D eigenvalue weighted by Gasteiger charge is -2.27. The maximum absolute atomic E-state index is 13.1. The number of rotatable bonds is 4. The number of aromatic nitrogens is 1. The first-order valence-electron chi connectivity index (χ1n) is 11.4. The summed E-state index contributed by atoms with van der Waals surface area (Å²) in [4.78, 5) is 32.1. The third kappa shape index (κ3) is 6.43. The molecule has 0 radical (unpaired) electrons. The number of ether oxygens (including phenoxy) is 1. The third-order valence-electron chi connectivity index (χ3n) is 6.18. The van der Waals surface area contributed by atoms with Crippen molar-refractivity contribution in [2.75, 3.05) is 30.5 Å². The fraction of sp³-hybridized carbons (Fsp3) is 0.444. The minimum atomic E-state index is -0.199. The zero-order chi connectivity index (χ0) is 24.0. The Morgan fingerprint density at radius 2 is 1.76 bits per heavy atom. The second kappa shape index (κ2) is 10.6. The highest BCUT2D eigenvalue weighted by Gasteiger charge is 2.28. The second-order valence-electron chi connectivity index (χ2n) is 9.54. The molecule has 174 valence electrons. The van der Waals surface area contributed by atoms with E-state index < -0.39 is 0 Å². The summed E-state index contributed by atoms with van der Waals surface area (Å²) in [6.07, 6.45) is 1.42. The van der Waals surface area contributed by atoms with Crippen molar-refractivity contribution in [2.45, 2.75) is 40.5 Å². The van der Waals surface area contributed by atoms with Crippen LogP contribution in [0.15, 0.2) is 42.5 Å². The standard InChI is InChI=1S/C27H33N3O3/c1-19(27(2,3)4)25(31)29-24-14-13-23(30(5)26(32)21-15-17-33-18-16-21)22(28-24)12-11-20-9-7-6-8-10-20/h6-10,13-14,19,21H,15-18H2,1-5H3,(H,28,29,31). The van der Waals surface area contributed by atoms with E-state index in [2.05, 4.69) is 22.1 Å². The number of amides is 2. The molecule has 0 spiro atoms. The predicted molar refractivity (Wildman–Crippen MR) is 131 cm³/mol. The van der Waals surface area contributed by atoms with Gasteiger partial charge in [0.15, 0.2) is 0 Å². The SMILES string of the molecule is CC(C(=O)Nc1ccc(N(C)C(=O)C2CCOCC2)c(C#Cc2ccccc2)n1)C(C)(C)C. The molecule has 1 aliphatic heterocycles. The predicted octanol–water partition coefficient (Wildman–Crippen LogP) is 4.49. The normalized spacial score (nSPS) is 15.2. The van der Waals surface area contributed by atoms with Gasteiger partial charge in [-0.15, -0.1) is 0 Å². The van der Waals surface area contributed by atoms with Crippen LogP contribution in [0.3, 0.4) is 0 Å². The first-order chi connectivity index (χ1) is 15.7. The number of hydrogen-bond donors (Lipinski definition) is 1. The van der Waals surface area contributed by atoms with Gasteiger partial charge in [-0.1, -0.05) is 51.8 Å². The Hall–Kier alpha value is -3.17. The van der Waals surface area contributed by atoms with E-state index in [1.54, 1.807) is 24.1 Å². The Morgan fingerprint density at radius 3 is 2.39 bits per heavy atom. The summed E-state index contributed by atoms with van der Waals surface area (Å²) in [5.74, 6) is 6.30. The number of hydrogen-bond acceptors (Lipinski definition) is 4. The monoisotopic (exact) mass is 447 g/mol. The van der Waals surface area contributed by atoms with Crippen molar-refractivity contribution < 1.29 is 14.3 Å². The molecule has 6 heteroatoms. The van der Waals surface area contributed by atoms with Crippen molar-refractivity contribution in [2.24, 2.45) is 17.3 Å². The van der Waals surface area contributed by atoms with Crippen molar-refractivity contribution in [1.29, 1.82) is 0 Å². The van der Waals surface area contributed by atoms with Gasteiger partial charge in [0.2, 0.25) is 11.8 Å². The lowest BCUT2D eigenvalue weighted by molar-refractivity contribution is -0.125. The maximum atomic E-state index is 13.1. The molecule has 2 amide bonds. The molecule has 0 saturated carbocycles. The van der Waals surface area contributed by atoms with Crippen LogP contribution in [0.4, 0.5) is 11.5 Å². The van der Waals surface area contributed by atoms with E-state index in [9.17, 15) is 9.59 Å². The Bertz CT molecular complexity index is 1040. The van der Waals surface area contributed by atoms with E-state index in [-0.39, 0.29) is 29.1 Å². The lowest BCUT2D eigenvalue weighted by atomic mass is 9.81. The second-order valence-corrected chi connectivity index (χ2v) is 9.54. The van der Waals surface area contributed by atoms with Crippen molar-refractivity contribution in [3.63, 3.8) is 0 Å². The highest BCUT2D eigenvalue weighted by molar-refractivity contribution is 5.96. The summed E-state index contributed by atoms with van der Waals surface area (Å²) in [6, 6.07) is 13.1. The highest BCUT2D eigenvalue weighted by Crippen LogP contribution is 2.28. The van der Waals surface area contributed by atoms with Crippen molar-refractivity contribution in [3.8, 4) is 11.8 Å². The van der Waals surface area contributed by atoms with Crippen LogP contribution in [0.5, 0.6) is 0 Å². The molecular formula is C27H33N3O3. The quantitative estimate of drug-likeness (QED) is 0.701. The lowest BCUT2D eigenvalue weighted by Crippen LogP contribution is -2.36. The van der Waals surface area contributed by atoms with E-state index in [1.807, 2.05) is 58.0 Å². The summed E-state index contributed by atoms with van der Waals surface area (Å²) in [5, 5.41) is 2.91. The number of nitrogens with zero attached hydrogens (tertiary/aromatic N) is 2. The van der Waals surface area contributed by atoms with E-state index in [4.69, 9.17) is 4.74 Å². The number of carbonyl (C=O) groups excluding carboxylic acids is 2.